The standard InChI is InChI=1S/C16H12FN3O3/c17-12-7-20-13(6-14(12)19-4-3-18-8-19)10(9-1-2-9)5-11(15(20)21)16(22)23/h3-9H,1-2H2,(H,22,23). The first-order valence-corrected chi connectivity index (χ1v) is 7.16. The van der Waals surface area contributed by atoms with Crippen molar-refractivity contribution >= 4 is 11.5 Å². The summed E-state index contributed by atoms with van der Waals surface area (Å²) in [5.74, 6) is -1.71. The lowest BCUT2D eigenvalue weighted by Crippen LogP contribution is -2.23. The van der Waals surface area contributed by atoms with E-state index in [0.29, 0.717) is 5.52 Å². The van der Waals surface area contributed by atoms with Gasteiger partial charge in [-0.3, -0.25) is 9.20 Å². The summed E-state index contributed by atoms with van der Waals surface area (Å²) in [6, 6.07) is 2.99. The predicted molar refractivity (Wildman–Crippen MR) is 79.7 cm³/mol. The zero-order valence-electron chi connectivity index (χ0n) is 11.9. The van der Waals surface area contributed by atoms with Gasteiger partial charge in [0, 0.05) is 12.4 Å². The summed E-state index contributed by atoms with van der Waals surface area (Å²) in [4.78, 5) is 27.5. The molecule has 0 radical (unpaired) electrons. The molecule has 0 unspecified atom stereocenters. The van der Waals surface area contributed by atoms with Crippen molar-refractivity contribution in [3.63, 3.8) is 0 Å². The summed E-state index contributed by atoms with van der Waals surface area (Å²) in [5.41, 5.74) is 0.509. The van der Waals surface area contributed by atoms with Gasteiger partial charge in [-0.1, -0.05) is 0 Å². The zero-order valence-corrected chi connectivity index (χ0v) is 11.9. The SMILES string of the molecule is O=C(O)c1cc(C2CC2)c2cc(-n3ccnc3)c(F)cn2c1=O. The minimum Gasteiger partial charge on any atom is -0.477 e. The number of pyridine rings is 2. The summed E-state index contributed by atoms with van der Waals surface area (Å²) in [7, 11) is 0. The van der Waals surface area contributed by atoms with Crippen molar-refractivity contribution in [1.82, 2.24) is 14.0 Å². The van der Waals surface area contributed by atoms with Gasteiger partial charge in [0.2, 0.25) is 0 Å². The van der Waals surface area contributed by atoms with Crippen LogP contribution in [0.25, 0.3) is 11.2 Å². The number of aromatic nitrogens is 3. The van der Waals surface area contributed by atoms with E-state index in [2.05, 4.69) is 4.98 Å². The average molecular weight is 313 g/mol. The molecule has 7 heteroatoms. The van der Waals surface area contributed by atoms with Gasteiger partial charge in [-0.05, 0) is 36.5 Å². The molecule has 0 atom stereocenters. The van der Waals surface area contributed by atoms with Crippen molar-refractivity contribution in [2.45, 2.75) is 18.8 Å². The molecule has 0 bridgehead atoms. The number of halogens is 1. The molecule has 116 valence electrons. The van der Waals surface area contributed by atoms with Crippen molar-refractivity contribution in [2.75, 3.05) is 0 Å². The summed E-state index contributed by atoms with van der Waals surface area (Å²) in [6.45, 7) is 0. The second-order valence-corrected chi connectivity index (χ2v) is 5.63. The van der Waals surface area contributed by atoms with Gasteiger partial charge in [0.25, 0.3) is 5.56 Å². The fourth-order valence-corrected chi connectivity index (χ4v) is 2.80. The van der Waals surface area contributed by atoms with E-state index in [1.54, 1.807) is 12.3 Å². The van der Waals surface area contributed by atoms with Crippen molar-refractivity contribution in [1.29, 1.82) is 0 Å². The third-order valence-corrected chi connectivity index (χ3v) is 4.10. The Kier molecular flexibility index (Phi) is 2.84. The Hall–Kier alpha value is -2.96. The lowest BCUT2D eigenvalue weighted by molar-refractivity contribution is 0.0694. The minimum atomic E-state index is -1.30. The molecule has 3 aromatic rings. The number of hydrogen-bond acceptors (Lipinski definition) is 3. The van der Waals surface area contributed by atoms with Crippen LogP contribution in [-0.4, -0.2) is 25.0 Å². The van der Waals surface area contributed by atoms with Crippen LogP contribution in [-0.2, 0) is 0 Å². The predicted octanol–water partition coefficient (Wildman–Crippen LogP) is 2.20. The van der Waals surface area contributed by atoms with Crippen molar-refractivity contribution in [3.05, 3.63) is 64.3 Å². The van der Waals surface area contributed by atoms with Crippen LogP contribution >= 0.6 is 0 Å². The maximum absolute atomic E-state index is 14.4. The van der Waals surface area contributed by atoms with Crippen LogP contribution in [0.15, 0.2) is 41.8 Å². The molecule has 1 saturated carbocycles. The molecule has 3 aromatic heterocycles. The van der Waals surface area contributed by atoms with Crippen LogP contribution in [0.1, 0.15) is 34.7 Å². The van der Waals surface area contributed by atoms with Crippen molar-refractivity contribution in [2.24, 2.45) is 0 Å². The van der Waals surface area contributed by atoms with Gasteiger partial charge in [0.1, 0.15) is 5.56 Å². The molecule has 4 rings (SSSR count). The smallest absolute Gasteiger partial charge is 0.341 e. The van der Waals surface area contributed by atoms with Crippen LogP contribution in [0.5, 0.6) is 0 Å². The van der Waals surface area contributed by atoms with Crippen LogP contribution in [0, 0.1) is 5.82 Å². The van der Waals surface area contributed by atoms with E-state index in [9.17, 15) is 19.1 Å². The summed E-state index contributed by atoms with van der Waals surface area (Å²) < 4.78 is 17.0. The molecule has 0 aromatic carbocycles. The second kappa shape index (κ2) is 4.77. The average Bonchev–Trinajstić information content (AvgIpc) is 3.21. The maximum atomic E-state index is 14.4. The van der Waals surface area contributed by atoms with Crippen LogP contribution in [0.4, 0.5) is 4.39 Å². The fraction of sp³-hybridized carbons (Fsp3) is 0.188. The lowest BCUT2D eigenvalue weighted by atomic mass is 10.1. The monoisotopic (exact) mass is 313 g/mol. The molecule has 0 aliphatic heterocycles. The van der Waals surface area contributed by atoms with Gasteiger partial charge in [0.05, 0.1) is 23.7 Å². The van der Waals surface area contributed by atoms with Gasteiger partial charge in [-0.2, -0.15) is 0 Å². The first-order valence-electron chi connectivity index (χ1n) is 7.16. The van der Waals surface area contributed by atoms with Gasteiger partial charge < -0.3 is 9.67 Å². The van der Waals surface area contributed by atoms with Crippen molar-refractivity contribution < 1.29 is 14.3 Å². The molecule has 3 heterocycles. The fourth-order valence-electron chi connectivity index (χ4n) is 2.80. The number of rotatable bonds is 3. The molecule has 1 N–H and O–H groups in total. The molecule has 1 fully saturated rings. The molecule has 0 amide bonds. The van der Waals surface area contributed by atoms with Crippen LogP contribution in [0.2, 0.25) is 0 Å². The molecule has 6 nitrogen and oxygen atoms in total. The summed E-state index contributed by atoms with van der Waals surface area (Å²) in [6.07, 6.45) is 7.52. The van der Waals surface area contributed by atoms with E-state index < -0.39 is 17.3 Å². The number of aromatic carboxylic acids is 1. The topological polar surface area (TPSA) is 76.6 Å². The lowest BCUT2D eigenvalue weighted by Gasteiger charge is -2.12. The van der Waals surface area contributed by atoms with Crippen molar-refractivity contribution in [3.8, 4) is 5.69 Å². The highest BCUT2D eigenvalue weighted by Gasteiger charge is 2.28. The Morgan fingerprint density at radius 3 is 2.74 bits per heavy atom. The molecule has 1 aliphatic carbocycles. The molecular formula is C16H12FN3O3. The normalized spacial score (nSPS) is 14.3. The Bertz CT molecular complexity index is 988. The van der Waals surface area contributed by atoms with Gasteiger partial charge in [-0.25, -0.2) is 14.2 Å². The third kappa shape index (κ3) is 2.12. The molecule has 1 aliphatic rings. The molecule has 0 spiro atoms. The Morgan fingerprint density at radius 2 is 2.13 bits per heavy atom. The number of carboxylic acids is 1. The minimum absolute atomic E-state index is 0.213. The number of carbonyl (C=O) groups is 1. The summed E-state index contributed by atoms with van der Waals surface area (Å²) >= 11 is 0. The van der Waals surface area contributed by atoms with E-state index in [-0.39, 0.29) is 17.2 Å². The first-order chi connectivity index (χ1) is 11.1. The maximum Gasteiger partial charge on any atom is 0.341 e. The van der Waals surface area contributed by atoms with Crippen LogP contribution < -0.4 is 5.56 Å². The summed E-state index contributed by atoms with van der Waals surface area (Å²) in [5, 5.41) is 9.21. The quantitative estimate of drug-likeness (QED) is 0.804. The highest BCUT2D eigenvalue weighted by molar-refractivity contribution is 5.88. The highest BCUT2D eigenvalue weighted by Crippen LogP contribution is 2.42. The van der Waals surface area contributed by atoms with E-state index >= 15 is 0 Å². The number of hydrogen-bond donors (Lipinski definition) is 1. The van der Waals surface area contributed by atoms with Gasteiger partial charge in [-0.15, -0.1) is 0 Å². The number of imidazole rings is 1. The van der Waals surface area contributed by atoms with Crippen LogP contribution in [0.3, 0.4) is 0 Å². The van der Waals surface area contributed by atoms with E-state index in [1.807, 2.05) is 0 Å². The molecule has 23 heavy (non-hydrogen) atoms. The van der Waals surface area contributed by atoms with E-state index in [0.717, 1.165) is 29.0 Å². The Morgan fingerprint density at radius 1 is 1.35 bits per heavy atom. The molecule has 0 saturated heterocycles. The van der Waals surface area contributed by atoms with Gasteiger partial charge in [0.15, 0.2) is 5.82 Å². The number of nitrogens with zero attached hydrogens (tertiary/aromatic N) is 3. The number of fused-ring (bicyclic) bond motifs is 1. The Balaban J connectivity index is 2.08. The van der Waals surface area contributed by atoms with E-state index in [4.69, 9.17) is 0 Å². The Labute approximate surface area is 129 Å². The number of carboxylic acid groups (broad SMARTS) is 1. The largest absolute Gasteiger partial charge is 0.477 e. The third-order valence-electron chi connectivity index (χ3n) is 4.10. The highest BCUT2D eigenvalue weighted by atomic mass is 19.1. The second-order valence-electron chi connectivity index (χ2n) is 5.63. The first kappa shape index (κ1) is 13.7. The molecular weight excluding hydrogens is 301 g/mol. The van der Waals surface area contributed by atoms with Gasteiger partial charge >= 0.3 is 5.97 Å². The van der Waals surface area contributed by atoms with E-state index in [1.165, 1.54) is 23.2 Å². The zero-order chi connectivity index (χ0) is 16.1.